The van der Waals surface area contributed by atoms with Crippen molar-refractivity contribution in [2.45, 2.75) is 27.2 Å². The van der Waals surface area contributed by atoms with E-state index in [9.17, 15) is 29.4 Å². The number of nitro benzene ring substituents is 2. The standard InChI is InChI=1S/C20H23FN6O6/c1-5-7-25(6-2)19-9-14(22-12(3)28)15(10-20(19)33-4)23-24-16-8-13(21)17(26(29)30)11-18(16)27(31)32/h8-11H,5-7H2,1-4H3,(H,22,28). The van der Waals surface area contributed by atoms with Gasteiger partial charge in [0.1, 0.15) is 11.4 Å². The maximum absolute atomic E-state index is 14.0. The molecule has 0 aromatic heterocycles. The Bertz CT molecular complexity index is 1110. The molecule has 33 heavy (non-hydrogen) atoms. The first-order valence-electron chi connectivity index (χ1n) is 9.91. The first kappa shape index (κ1) is 25.1. The molecule has 0 radical (unpaired) electrons. The van der Waals surface area contributed by atoms with Crippen LogP contribution in [0.4, 0.5) is 38.5 Å². The zero-order valence-electron chi connectivity index (χ0n) is 18.5. The van der Waals surface area contributed by atoms with Crippen LogP contribution in [0.1, 0.15) is 27.2 Å². The molecule has 0 atom stereocenters. The van der Waals surface area contributed by atoms with E-state index in [-0.39, 0.29) is 11.4 Å². The van der Waals surface area contributed by atoms with Crippen LogP contribution in [0.2, 0.25) is 0 Å². The minimum atomic E-state index is -1.30. The van der Waals surface area contributed by atoms with Crippen LogP contribution in [0.3, 0.4) is 0 Å². The van der Waals surface area contributed by atoms with E-state index in [1.807, 2.05) is 18.7 Å². The molecule has 0 aliphatic carbocycles. The first-order valence-corrected chi connectivity index (χ1v) is 9.91. The summed E-state index contributed by atoms with van der Waals surface area (Å²) in [5.74, 6) is -1.28. The SMILES string of the molecule is CCCN(CC)c1cc(NC(C)=O)c(N=Nc2cc(F)c([N+](=O)[O-])cc2[N+](=O)[O-])cc1OC. The van der Waals surface area contributed by atoms with Crippen molar-refractivity contribution in [3.05, 3.63) is 50.3 Å². The van der Waals surface area contributed by atoms with Gasteiger partial charge in [-0.05, 0) is 19.4 Å². The number of rotatable bonds is 10. The van der Waals surface area contributed by atoms with Gasteiger partial charge >= 0.3 is 11.4 Å². The zero-order valence-corrected chi connectivity index (χ0v) is 18.5. The van der Waals surface area contributed by atoms with E-state index in [2.05, 4.69) is 15.5 Å². The third-order valence-electron chi connectivity index (χ3n) is 4.53. The molecule has 0 heterocycles. The summed E-state index contributed by atoms with van der Waals surface area (Å²) in [6.45, 7) is 6.66. The van der Waals surface area contributed by atoms with Crippen LogP contribution in [-0.2, 0) is 4.79 Å². The van der Waals surface area contributed by atoms with Gasteiger partial charge in [0.05, 0.1) is 34.4 Å². The van der Waals surface area contributed by atoms with Crippen molar-refractivity contribution >= 4 is 40.0 Å². The Morgan fingerprint density at radius 3 is 2.24 bits per heavy atom. The molecule has 1 amide bonds. The second kappa shape index (κ2) is 10.9. The van der Waals surface area contributed by atoms with Crippen molar-refractivity contribution in [2.24, 2.45) is 10.2 Å². The average molecular weight is 462 g/mol. The molecule has 0 saturated carbocycles. The molecule has 2 rings (SSSR count). The number of nitro groups is 2. The van der Waals surface area contributed by atoms with Crippen molar-refractivity contribution in [1.82, 2.24) is 0 Å². The van der Waals surface area contributed by atoms with Crippen LogP contribution in [-0.4, -0.2) is 36.0 Å². The number of amides is 1. The van der Waals surface area contributed by atoms with E-state index in [1.165, 1.54) is 20.1 Å². The normalized spacial score (nSPS) is 10.8. The van der Waals surface area contributed by atoms with E-state index in [4.69, 9.17) is 4.74 Å². The van der Waals surface area contributed by atoms with E-state index in [0.29, 0.717) is 30.1 Å². The monoisotopic (exact) mass is 462 g/mol. The number of benzene rings is 2. The minimum absolute atomic E-state index is 0.0893. The van der Waals surface area contributed by atoms with Crippen LogP contribution >= 0.6 is 0 Å². The van der Waals surface area contributed by atoms with Crippen LogP contribution < -0.4 is 15.0 Å². The molecule has 13 heteroatoms. The van der Waals surface area contributed by atoms with Gasteiger partial charge in [-0.2, -0.15) is 4.39 Å². The topological polar surface area (TPSA) is 153 Å². The Balaban J connectivity index is 2.64. The number of halogens is 1. The molecular weight excluding hydrogens is 439 g/mol. The molecule has 2 aromatic rings. The molecule has 0 unspecified atom stereocenters. The number of hydrogen-bond acceptors (Lipinski definition) is 9. The Morgan fingerprint density at radius 1 is 1.09 bits per heavy atom. The van der Waals surface area contributed by atoms with Gasteiger partial charge in [-0.15, -0.1) is 10.2 Å². The number of nitrogens with zero attached hydrogens (tertiary/aromatic N) is 5. The molecule has 0 bridgehead atoms. The number of hydrogen-bond donors (Lipinski definition) is 1. The van der Waals surface area contributed by atoms with Gasteiger partial charge in [0, 0.05) is 32.1 Å². The molecular formula is C20H23FN6O6. The number of carbonyl (C=O) groups is 1. The number of carbonyl (C=O) groups excluding carboxylic acids is 1. The molecule has 0 fully saturated rings. The van der Waals surface area contributed by atoms with Crippen LogP contribution in [0.25, 0.3) is 0 Å². The highest BCUT2D eigenvalue weighted by Crippen LogP contribution is 2.41. The number of azo groups is 1. The Hall–Kier alpha value is -4.16. The van der Waals surface area contributed by atoms with Gasteiger partial charge in [-0.25, -0.2) is 0 Å². The lowest BCUT2D eigenvalue weighted by molar-refractivity contribution is -0.395. The second-order valence-electron chi connectivity index (χ2n) is 6.81. The summed E-state index contributed by atoms with van der Waals surface area (Å²) in [6.07, 6.45) is 0.864. The fraction of sp³-hybridized carbons (Fsp3) is 0.350. The predicted octanol–water partition coefficient (Wildman–Crippen LogP) is 5.26. The van der Waals surface area contributed by atoms with Crippen LogP contribution in [0.15, 0.2) is 34.5 Å². The lowest BCUT2D eigenvalue weighted by atomic mass is 10.2. The molecule has 1 N–H and O–H groups in total. The molecule has 0 spiro atoms. The van der Waals surface area contributed by atoms with E-state index < -0.39 is 38.6 Å². The van der Waals surface area contributed by atoms with Gasteiger partial charge < -0.3 is 15.0 Å². The molecule has 12 nitrogen and oxygen atoms in total. The first-order chi connectivity index (χ1) is 15.6. The summed E-state index contributed by atoms with van der Waals surface area (Å²) in [7, 11) is 1.45. The van der Waals surface area contributed by atoms with Crippen molar-refractivity contribution in [3.8, 4) is 5.75 Å². The fourth-order valence-electron chi connectivity index (χ4n) is 3.07. The van der Waals surface area contributed by atoms with Crippen molar-refractivity contribution in [1.29, 1.82) is 0 Å². The zero-order chi connectivity index (χ0) is 24.7. The lowest BCUT2D eigenvalue weighted by Gasteiger charge is -2.25. The number of nitrogens with one attached hydrogen (secondary N) is 1. The second-order valence-corrected chi connectivity index (χ2v) is 6.81. The summed E-state index contributed by atoms with van der Waals surface area (Å²) in [4.78, 5) is 34.0. The highest BCUT2D eigenvalue weighted by atomic mass is 19.1. The van der Waals surface area contributed by atoms with Gasteiger partial charge in [0.2, 0.25) is 11.7 Å². The summed E-state index contributed by atoms with van der Waals surface area (Å²) in [5.41, 5.74) is -1.34. The molecule has 0 saturated heterocycles. The number of methoxy groups -OCH3 is 1. The maximum atomic E-state index is 14.0. The third kappa shape index (κ3) is 5.96. The Labute approximate surface area is 188 Å². The Morgan fingerprint density at radius 2 is 1.73 bits per heavy atom. The molecule has 2 aromatic carbocycles. The van der Waals surface area contributed by atoms with Crippen LogP contribution in [0, 0.1) is 26.0 Å². The van der Waals surface area contributed by atoms with E-state index in [1.54, 1.807) is 6.07 Å². The predicted molar refractivity (Wildman–Crippen MR) is 119 cm³/mol. The van der Waals surface area contributed by atoms with Gasteiger partial charge in [-0.1, -0.05) is 6.92 Å². The summed E-state index contributed by atoms with van der Waals surface area (Å²) in [5, 5.41) is 32.5. The third-order valence-corrected chi connectivity index (χ3v) is 4.53. The van der Waals surface area contributed by atoms with Gasteiger partial charge in [-0.3, -0.25) is 25.0 Å². The quantitative estimate of drug-likeness (QED) is 0.287. The molecule has 0 aliphatic rings. The largest absolute Gasteiger partial charge is 0.494 e. The van der Waals surface area contributed by atoms with E-state index >= 15 is 0 Å². The highest BCUT2D eigenvalue weighted by Gasteiger charge is 2.25. The lowest BCUT2D eigenvalue weighted by Crippen LogP contribution is -2.24. The summed E-state index contributed by atoms with van der Waals surface area (Å²) < 4.78 is 19.5. The van der Waals surface area contributed by atoms with E-state index in [0.717, 1.165) is 13.0 Å². The summed E-state index contributed by atoms with van der Waals surface area (Å²) >= 11 is 0. The number of anilines is 2. The highest BCUT2D eigenvalue weighted by molar-refractivity contribution is 5.93. The average Bonchev–Trinajstić information content (AvgIpc) is 2.75. The van der Waals surface area contributed by atoms with Gasteiger partial charge in [0.25, 0.3) is 0 Å². The van der Waals surface area contributed by atoms with Gasteiger partial charge in [0.15, 0.2) is 5.69 Å². The minimum Gasteiger partial charge on any atom is -0.494 e. The van der Waals surface area contributed by atoms with Crippen molar-refractivity contribution in [3.63, 3.8) is 0 Å². The Kier molecular flexibility index (Phi) is 8.31. The van der Waals surface area contributed by atoms with Crippen LogP contribution in [0.5, 0.6) is 5.75 Å². The number of ether oxygens (including phenoxy) is 1. The smallest absolute Gasteiger partial charge is 0.311 e. The maximum Gasteiger partial charge on any atom is 0.311 e. The summed E-state index contributed by atoms with van der Waals surface area (Å²) in [6, 6.07) is 4.16. The van der Waals surface area contributed by atoms with Crippen molar-refractivity contribution < 1.29 is 23.8 Å². The molecule has 176 valence electrons. The van der Waals surface area contributed by atoms with Crippen molar-refractivity contribution in [2.75, 3.05) is 30.4 Å². The molecule has 0 aliphatic heterocycles. The fourth-order valence-corrected chi connectivity index (χ4v) is 3.07.